The summed E-state index contributed by atoms with van der Waals surface area (Å²) in [6.45, 7) is 7.00. The molecule has 0 spiro atoms. The van der Waals surface area contributed by atoms with E-state index in [-0.39, 0.29) is 22.5 Å². The number of benzene rings is 1. The quantitative estimate of drug-likeness (QED) is 0.704. The van der Waals surface area contributed by atoms with E-state index in [1.165, 1.54) is 33.2 Å². The Bertz CT molecular complexity index is 760. The lowest BCUT2D eigenvalue weighted by molar-refractivity contribution is -0.126. The topological polar surface area (TPSA) is 105 Å². The maximum absolute atomic E-state index is 12.5. The maximum Gasteiger partial charge on any atom is 0.247 e. The number of hydrogen-bond acceptors (Lipinski definition) is 5. The zero-order chi connectivity index (χ0) is 20.1. The molecule has 0 saturated carbocycles. The molecule has 0 aliphatic carbocycles. The first-order valence-corrected chi connectivity index (χ1v) is 9.72. The van der Waals surface area contributed by atoms with Crippen molar-refractivity contribution in [3.63, 3.8) is 0 Å². The molecular weight excluding hydrogens is 358 g/mol. The Balaban J connectivity index is 3.22. The smallest absolute Gasteiger partial charge is 0.247 e. The van der Waals surface area contributed by atoms with Crippen LogP contribution in [0, 0.1) is 5.92 Å². The molecule has 1 aromatic carbocycles. The third-order valence-corrected chi connectivity index (χ3v) is 5.41. The minimum Gasteiger partial charge on any atom is -0.492 e. The van der Waals surface area contributed by atoms with Gasteiger partial charge in [0.15, 0.2) is 0 Å². The number of carbonyl (C=O) groups is 2. The molecule has 2 N–H and O–H groups in total. The van der Waals surface area contributed by atoms with E-state index < -0.39 is 22.0 Å². The SMILES string of the molecule is CCOc1ccc(NC(=O)[C@H](NC(C)=O)C(C)C)cc1S(=O)(=O)N(C)C. The molecule has 9 heteroatoms. The molecule has 0 bridgehead atoms. The fraction of sp³-hybridized carbons (Fsp3) is 0.529. The normalized spacial score (nSPS) is 12.8. The Morgan fingerprint density at radius 2 is 1.85 bits per heavy atom. The fourth-order valence-electron chi connectivity index (χ4n) is 2.23. The van der Waals surface area contributed by atoms with Crippen molar-refractivity contribution in [1.29, 1.82) is 0 Å². The van der Waals surface area contributed by atoms with Gasteiger partial charge in [0.1, 0.15) is 16.7 Å². The molecule has 0 heterocycles. The van der Waals surface area contributed by atoms with E-state index in [0.717, 1.165) is 4.31 Å². The largest absolute Gasteiger partial charge is 0.492 e. The second-order valence-corrected chi connectivity index (χ2v) is 8.41. The molecule has 0 aliphatic heterocycles. The summed E-state index contributed by atoms with van der Waals surface area (Å²) in [5, 5.41) is 5.25. The van der Waals surface area contributed by atoms with E-state index in [2.05, 4.69) is 10.6 Å². The van der Waals surface area contributed by atoms with Crippen molar-refractivity contribution >= 4 is 27.5 Å². The van der Waals surface area contributed by atoms with Gasteiger partial charge in [-0.1, -0.05) is 13.8 Å². The van der Waals surface area contributed by atoms with Crippen molar-refractivity contribution < 1.29 is 22.7 Å². The minimum atomic E-state index is -3.76. The van der Waals surface area contributed by atoms with E-state index >= 15 is 0 Å². The zero-order valence-electron chi connectivity index (χ0n) is 16.0. The highest BCUT2D eigenvalue weighted by molar-refractivity contribution is 7.89. The van der Waals surface area contributed by atoms with Crippen LogP contribution in [-0.2, 0) is 19.6 Å². The van der Waals surface area contributed by atoms with Gasteiger partial charge in [-0.15, -0.1) is 0 Å². The average Bonchev–Trinajstić information content (AvgIpc) is 2.53. The number of amides is 2. The highest BCUT2D eigenvalue weighted by atomic mass is 32.2. The molecule has 0 radical (unpaired) electrons. The van der Waals surface area contributed by atoms with E-state index in [1.54, 1.807) is 26.8 Å². The Morgan fingerprint density at radius 1 is 1.23 bits per heavy atom. The molecule has 1 aromatic rings. The number of sulfonamides is 1. The Morgan fingerprint density at radius 3 is 2.31 bits per heavy atom. The van der Waals surface area contributed by atoms with Gasteiger partial charge in [0.25, 0.3) is 0 Å². The summed E-state index contributed by atoms with van der Waals surface area (Å²) in [5.74, 6) is -0.665. The van der Waals surface area contributed by atoms with Crippen molar-refractivity contribution in [2.24, 2.45) is 5.92 Å². The highest BCUT2D eigenvalue weighted by Gasteiger charge is 2.26. The zero-order valence-corrected chi connectivity index (χ0v) is 16.8. The highest BCUT2D eigenvalue weighted by Crippen LogP contribution is 2.29. The Kier molecular flexibility index (Phi) is 7.58. The van der Waals surface area contributed by atoms with Crippen LogP contribution in [0.5, 0.6) is 5.75 Å². The molecule has 2 amide bonds. The van der Waals surface area contributed by atoms with Gasteiger partial charge in [-0.3, -0.25) is 9.59 Å². The molecule has 1 rings (SSSR count). The lowest BCUT2D eigenvalue weighted by Gasteiger charge is -2.21. The van der Waals surface area contributed by atoms with Crippen LogP contribution in [0.15, 0.2) is 23.1 Å². The van der Waals surface area contributed by atoms with Crippen LogP contribution in [0.2, 0.25) is 0 Å². The predicted octanol–water partition coefficient (Wildman–Crippen LogP) is 1.43. The molecule has 0 aliphatic rings. The van der Waals surface area contributed by atoms with Gasteiger partial charge in [-0.05, 0) is 31.0 Å². The molecular formula is C17H27N3O5S. The summed E-state index contributed by atoms with van der Waals surface area (Å²) in [5.41, 5.74) is 0.301. The molecule has 0 saturated heterocycles. The first-order chi connectivity index (χ1) is 12.0. The number of nitrogens with one attached hydrogen (secondary N) is 2. The molecule has 0 aromatic heterocycles. The lowest BCUT2D eigenvalue weighted by Crippen LogP contribution is -2.46. The Hall–Kier alpha value is -2.13. The fourth-order valence-corrected chi connectivity index (χ4v) is 3.28. The van der Waals surface area contributed by atoms with Gasteiger partial charge in [0.2, 0.25) is 21.8 Å². The monoisotopic (exact) mass is 385 g/mol. The lowest BCUT2D eigenvalue weighted by atomic mass is 10.0. The summed E-state index contributed by atoms with van der Waals surface area (Å²) in [7, 11) is -0.919. The van der Waals surface area contributed by atoms with Crippen molar-refractivity contribution in [2.75, 3.05) is 26.0 Å². The van der Waals surface area contributed by atoms with Gasteiger partial charge in [-0.25, -0.2) is 12.7 Å². The number of hydrogen-bond donors (Lipinski definition) is 2. The van der Waals surface area contributed by atoms with Crippen molar-refractivity contribution in [1.82, 2.24) is 9.62 Å². The summed E-state index contributed by atoms with van der Waals surface area (Å²) in [4.78, 5) is 23.7. The van der Waals surface area contributed by atoms with Crippen LogP contribution in [0.4, 0.5) is 5.69 Å². The average molecular weight is 385 g/mol. The molecule has 26 heavy (non-hydrogen) atoms. The van der Waals surface area contributed by atoms with Crippen LogP contribution in [0.25, 0.3) is 0 Å². The van der Waals surface area contributed by atoms with Gasteiger partial charge in [-0.2, -0.15) is 0 Å². The molecule has 1 atom stereocenters. The third kappa shape index (κ3) is 5.43. The molecule has 0 unspecified atom stereocenters. The van der Waals surface area contributed by atoms with Crippen molar-refractivity contribution in [2.45, 2.75) is 38.6 Å². The second-order valence-electron chi connectivity index (χ2n) is 6.29. The first kappa shape index (κ1) is 21.9. The van der Waals surface area contributed by atoms with Gasteiger partial charge < -0.3 is 15.4 Å². The van der Waals surface area contributed by atoms with Gasteiger partial charge in [0.05, 0.1) is 6.61 Å². The molecule has 146 valence electrons. The van der Waals surface area contributed by atoms with E-state index in [1.807, 2.05) is 0 Å². The summed E-state index contributed by atoms with van der Waals surface area (Å²) in [6, 6.07) is 3.68. The minimum absolute atomic E-state index is 0.0391. The number of rotatable bonds is 8. The van der Waals surface area contributed by atoms with Crippen molar-refractivity contribution in [3.8, 4) is 5.75 Å². The molecule has 8 nitrogen and oxygen atoms in total. The summed E-state index contributed by atoms with van der Waals surface area (Å²) >= 11 is 0. The number of carbonyl (C=O) groups excluding carboxylic acids is 2. The van der Waals surface area contributed by atoms with E-state index in [0.29, 0.717) is 12.3 Å². The van der Waals surface area contributed by atoms with Crippen LogP contribution in [0.3, 0.4) is 0 Å². The summed E-state index contributed by atoms with van der Waals surface area (Å²) in [6.07, 6.45) is 0. The number of nitrogens with zero attached hydrogens (tertiary/aromatic N) is 1. The maximum atomic E-state index is 12.5. The van der Waals surface area contributed by atoms with Crippen LogP contribution < -0.4 is 15.4 Å². The standard InChI is InChI=1S/C17H27N3O5S/c1-7-25-14-9-8-13(10-15(14)26(23,24)20(5)6)19-17(22)16(11(2)3)18-12(4)21/h8-11,16H,7H2,1-6H3,(H,18,21)(H,19,22)/t16-/m1/s1. The van der Waals surface area contributed by atoms with Crippen LogP contribution in [0.1, 0.15) is 27.7 Å². The molecule has 0 fully saturated rings. The second kappa shape index (κ2) is 9.00. The Labute approximate surface area is 155 Å². The van der Waals surface area contributed by atoms with Gasteiger partial charge >= 0.3 is 0 Å². The van der Waals surface area contributed by atoms with E-state index in [4.69, 9.17) is 4.74 Å². The number of anilines is 1. The van der Waals surface area contributed by atoms with Crippen LogP contribution >= 0.6 is 0 Å². The first-order valence-electron chi connectivity index (χ1n) is 8.28. The summed E-state index contributed by atoms with van der Waals surface area (Å²) < 4.78 is 31.5. The predicted molar refractivity (Wildman–Crippen MR) is 99.6 cm³/mol. The van der Waals surface area contributed by atoms with Gasteiger partial charge in [0, 0.05) is 26.7 Å². The third-order valence-electron chi connectivity index (χ3n) is 3.58. The number of ether oxygens (including phenoxy) is 1. The van der Waals surface area contributed by atoms with E-state index in [9.17, 15) is 18.0 Å². The van der Waals surface area contributed by atoms with Crippen molar-refractivity contribution in [3.05, 3.63) is 18.2 Å². The van der Waals surface area contributed by atoms with Crippen LogP contribution in [-0.4, -0.2) is 51.3 Å².